The Morgan fingerprint density at radius 1 is 1.16 bits per heavy atom. The van der Waals surface area contributed by atoms with Gasteiger partial charge in [-0.2, -0.15) is 13.2 Å². The molecule has 1 aromatic carbocycles. The zero-order chi connectivity index (χ0) is 18.8. The van der Waals surface area contributed by atoms with Crippen molar-refractivity contribution in [2.75, 3.05) is 5.32 Å². The van der Waals surface area contributed by atoms with E-state index in [1.165, 1.54) is 24.3 Å². The summed E-state index contributed by atoms with van der Waals surface area (Å²) in [6.45, 7) is 3.27. The van der Waals surface area contributed by atoms with Crippen LogP contribution in [0, 0.1) is 0 Å². The van der Waals surface area contributed by atoms with E-state index >= 15 is 0 Å². The molecule has 0 aliphatic carbocycles. The Morgan fingerprint density at radius 2 is 1.80 bits per heavy atom. The maximum absolute atomic E-state index is 13.1. The summed E-state index contributed by atoms with van der Waals surface area (Å²) in [5.74, 6) is 0. The fraction of sp³-hybridized carbons (Fsp3) is 0.267. The van der Waals surface area contributed by atoms with Crippen molar-refractivity contribution in [3.8, 4) is 0 Å². The van der Waals surface area contributed by atoms with Crippen molar-refractivity contribution in [2.24, 2.45) is 0 Å². The first-order chi connectivity index (χ1) is 11.5. The number of anilines is 2. The van der Waals surface area contributed by atoms with E-state index in [0.717, 1.165) is 6.07 Å². The van der Waals surface area contributed by atoms with Gasteiger partial charge in [0.05, 0.1) is 16.9 Å². The van der Waals surface area contributed by atoms with Crippen molar-refractivity contribution in [1.82, 2.24) is 9.71 Å². The molecule has 0 bridgehead atoms. The number of hydrogen-bond acceptors (Lipinski definition) is 4. The lowest BCUT2D eigenvalue weighted by Crippen LogP contribution is -2.30. The molecular formula is C15H15ClF3N3O2S. The van der Waals surface area contributed by atoms with Gasteiger partial charge in [-0.1, -0.05) is 23.7 Å². The molecule has 0 radical (unpaired) electrons. The number of pyridine rings is 1. The molecule has 0 saturated carbocycles. The molecule has 0 unspecified atom stereocenters. The number of hydrogen-bond donors (Lipinski definition) is 2. The molecule has 5 nitrogen and oxygen atoms in total. The molecule has 1 aromatic heterocycles. The van der Waals surface area contributed by atoms with Gasteiger partial charge in [0.15, 0.2) is 0 Å². The van der Waals surface area contributed by atoms with Crippen LogP contribution < -0.4 is 10.0 Å². The van der Waals surface area contributed by atoms with E-state index in [0.29, 0.717) is 6.20 Å². The van der Waals surface area contributed by atoms with Crippen molar-refractivity contribution >= 4 is 33.0 Å². The van der Waals surface area contributed by atoms with Gasteiger partial charge in [0.2, 0.25) is 10.0 Å². The maximum Gasteiger partial charge on any atom is 0.419 e. The second-order valence-electron chi connectivity index (χ2n) is 5.45. The molecule has 2 N–H and O–H groups in total. The summed E-state index contributed by atoms with van der Waals surface area (Å²) in [6.07, 6.45) is -4.09. The highest BCUT2D eigenvalue weighted by Gasteiger charge is 2.34. The molecule has 0 fully saturated rings. The molecule has 25 heavy (non-hydrogen) atoms. The molecule has 136 valence electrons. The zero-order valence-corrected chi connectivity index (χ0v) is 14.8. The fourth-order valence-electron chi connectivity index (χ4n) is 2.08. The molecule has 0 aliphatic heterocycles. The summed E-state index contributed by atoms with van der Waals surface area (Å²) < 4.78 is 66.6. The van der Waals surface area contributed by atoms with Gasteiger partial charge < -0.3 is 5.32 Å². The lowest BCUT2D eigenvalue weighted by molar-refractivity contribution is -0.137. The Bertz CT molecular complexity index is 871. The Kier molecular flexibility index (Phi) is 5.60. The molecule has 1 heterocycles. The molecule has 0 atom stereocenters. The predicted molar refractivity (Wildman–Crippen MR) is 89.4 cm³/mol. The average Bonchev–Trinajstić information content (AvgIpc) is 2.45. The number of benzene rings is 1. The van der Waals surface area contributed by atoms with Crippen LogP contribution >= 0.6 is 11.6 Å². The van der Waals surface area contributed by atoms with Crippen LogP contribution in [0.2, 0.25) is 5.15 Å². The number of nitrogens with one attached hydrogen (secondary N) is 2. The van der Waals surface area contributed by atoms with Crippen LogP contribution in [0.25, 0.3) is 0 Å². The smallest absolute Gasteiger partial charge is 0.354 e. The quantitative estimate of drug-likeness (QED) is 0.747. The van der Waals surface area contributed by atoms with Gasteiger partial charge in [-0.25, -0.2) is 18.1 Å². The van der Waals surface area contributed by atoms with Gasteiger partial charge in [-0.05, 0) is 32.0 Å². The van der Waals surface area contributed by atoms with Gasteiger partial charge in [-0.15, -0.1) is 0 Å². The van der Waals surface area contributed by atoms with Gasteiger partial charge in [0, 0.05) is 12.2 Å². The van der Waals surface area contributed by atoms with Gasteiger partial charge in [-0.3, -0.25) is 0 Å². The number of alkyl halides is 3. The number of aromatic nitrogens is 1. The SMILES string of the molecule is CC(C)NS(=O)(=O)c1ccccc1Nc1cc(Cl)ncc1C(F)(F)F. The van der Waals surface area contributed by atoms with Gasteiger partial charge in [0.25, 0.3) is 0 Å². The van der Waals surface area contributed by atoms with Crippen LogP contribution in [0.4, 0.5) is 24.5 Å². The third-order valence-corrected chi connectivity index (χ3v) is 4.94. The average molecular weight is 394 g/mol. The molecular weight excluding hydrogens is 379 g/mol. The Morgan fingerprint density at radius 3 is 2.40 bits per heavy atom. The van der Waals surface area contributed by atoms with E-state index in [9.17, 15) is 21.6 Å². The largest absolute Gasteiger partial charge is 0.419 e. The third kappa shape index (κ3) is 4.83. The number of rotatable bonds is 5. The summed E-state index contributed by atoms with van der Waals surface area (Å²) in [4.78, 5) is 3.26. The van der Waals surface area contributed by atoms with Crippen LogP contribution in [0.5, 0.6) is 0 Å². The van der Waals surface area contributed by atoms with Gasteiger partial charge in [0.1, 0.15) is 10.0 Å². The second-order valence-corrected chi connectivity index (χ2v) is 7.52. The van der Waals surface area contributed by atoms with Crippen LogP contribution in [0.15, 0.2) is 41.4 Å². The van der Waals surface area contributed by atoms with Crippen molar-refractivity contribution in [3.63, 3.8) is 0 Å². The molecule has 0 spiro atoms. The molecule has 0 amide bonds. The standard InChI is InChI=1S/C15H15ClF3N3O2S/c1-9(2)22-25(23,24)13-6-4-3-5-11(13)21-12-7-14(16)20-8-10(12)15(17,18)19/h3-9,22H,1-2H3,(H,20,21). The van der Waals surface area contributed by atoms with E-state index < -0.39 is 21.8 Å². The van der Waals surface area contributed by atoms with E-state index in [1.54, 1.807) is 13.8 Å². The Labute approximate surface area is 148 Å². The Balaban J connectivity index is 2.52. The molecule has 0 aliphatic rings. The van der Waals surface area contributed by atoms with Crippen molar-refractivity contribution < 1.29 is 21.6 Å². The number of halogens is 4. The summed E-state index contributed by atoms with van der Waals surface area (Å²) in [5.41, 5.74) is -1.45. The highest BCUT2D eigenvalue weighted by Crippen LogP contribution is 2.37. The summed E-state index contributed by atoms with van der Waals surface area (Å²) >= 11 is 5.68. The van der Waals surface area contributed by atoms with E-state index in [4.69, 9.17) is 11.6 Å². The van der Waals surface area contributed by atoms with Crippen LogP contribution in [0.3, 0.4) is 0 Å². The molecule has 2 aromatic rings. The molecule has 0 saturated heterocycles. The minimum Gasteiger partial charge on any atom is -0.354 e. The van der Waals surface area contributed by atoms with Crippen molar-refractivity contribution in [2.45, 2.75) is 31.0 Å². The first kappa shape index (κ1) is 19.5. The van der Waals surface area contributed by atoms with Crippen LogP contribution in [-0.4, -0.2) is 19.4 Å². The molecule has 2 rings (SSSR count). The van der Waals surface area contributed by atoms with E-state index in [-0.39, 0.29) is 27.5 Å². The van der Waals surface area contributed by atoms with Crippen LogP contribution in [0.1, 0.15) is 19.4 Å². The fourth-order valence-corrected chi connectivity index (χ4v) is 3.65. The van der Waals surface area contributed by atoms with Crippen LogP contribution in [-0.2, 0) is 16.2 Å². The second kappa shape index (κ2) is 7.19. The number of sulfonamides is 1. The first-order valence-corrected chi connectivity index (χ1v) is 8.98. The Hall–Kier alpha value is -1.84. The van der Waals surface area contributed by atoms with Crippen molar-refractivity contribution in [1.29, 1.82) is 0 Å². The van der Waals surface area contributed by atoms with E-state index in [2.05, 4.69) is 15.0 Å². The van der Waals surface area contributed by atoms with Crippen molar-refractivity contribution in [3.05, 3.63) is 47.2 Å². The lowest BCUT2D eigenvalue weighted by atomic mass is 10.2. The highest BCUT2D eigenvalue weighted by atomic mass is 35.5. The zero-order valence-electron chi connectivity index (χ0n) is 13.2. The predicted octanol–water partition coefficient (Wildman–Crippen LogP) is 4.18. The summed E-state index contributed by atoms with van der Waals surface area (Å²) in [7, 11) is -3.91. The number of para-hydroxylation sites is 1. The maximum atomic E-state index is 13.1. The third-order valence-electron chi connectivity index (χ3n) is 3.01. The summed E-state index contributed by atoms with van der Waals surface area (Å²) in [5, 5.41) is 2.35. The normalized spacial score (nSPS) is 12.4. The first-order valence-electron chi connectivity index (χ1n) is 7.12. The number of nitrogens with zero attached hydrogens (tertiary/aromatic N) is 1. The highest BCUT2D eigenvalue weighted by molar-refractivity contribution is 7.89. The van der Waals surface area contributed by atoms with E-state index in [1.807, 2.05) is 0 Å². The summed E-state index contributed by atoms with van der Waals surface area (Å²) in [6, 6.07) is 6.26. The topological polar surface area (TPSA) is 71.1 Å². The minimum absolute atomic E-state index is 0.0107. The minimum atomic E-state index is -4.68. The molecule has 10 heteroatoms. The van der Waals surface area contributed by atoms with Gasteiger partial charge >= 0.3 is 6.18 Å². The lowest BCUT2D eigenvalue weighted by Gasteiger charge is -2.17. The monoisotopic (exact) mass is 393 g/mol.